The van der Waals surface area contributed by atoms with E-state index in [0.717, 1.165) is 33.6 Å². The summed E-state index contributed by atoms with van der Waals surface area (Å²) in [6, 6.07) is 15.3. The minimum atomic E-state index is -0.298. The van der Waals surface area contributed by atoms with Gasteiger partial charge in [0.2, 0.25) is 0 Å². The van der Waals surface area contributed by atoms with Crippen LogP contribution in [0.3, 0.4) is 0 Å². The Balaban J connectivity index is 1.89. The van der Waals surface area contributed by atoms with Crippen molar-refractivity contribution in [2.24, 2.45) is 0 Å². The predicted octanol–water partition coefficient (Wildman–Crippen LogP) is 8.19. The standard InChI is InChI=1S/C28H29ClFN3/c1-27(2,3)23-9-7-8-21(25(23)30)17-12-18(14-20(29)13-17)22-10-11-24(19-15-31-32-16-19)33-26(22)28(4,5)6/h7-16H,1-6H3,(H,31,32). The molecule has 3 nitrogen and oxygen atoms in total. The first-order valence-corrected chi connectivity index (χ1v) is 11.4. The number of nitrogens with zero attached hydrogens (tertiary/aromatic N) is 2. The number of hydrogen-bond acceptors (Lipinski definition) is 2. The summed E-state index contributed by atoms with van der Waals surface area (Å²) in [6.45, 7) is 12.5. The molecule has 0 atom stereocenters. The fraction of sp³-hybridized carbons (Fsp3) is 0.286. The molecule has 2 aromatic heterocycles. The van der Waals surface area contributed by atoms with Crippen LogP contribution < -0.4 is 0 Å². The summed E-state index contributed by atoms with van der Waals surface area (Å²) >= 11 is 6.56. The zero-order valence-electron chi connectivity index (χ0n) is 19.9. The fourth-order valence-corrected chi connectivity index (χ4v) is 4.29. The second-order valence-electron chi connectivity index (χ2n) is 10.5. The smallest absolute Gasteiger partial charge is 0.134 e. The molecule has 0 fully saturated rings. The zero-order valence-corrected chi connectivity index (χ0v) is 20.7. The second-order valence-corrected chi connectivity index (χ2v) is 10.9. The Morgan fingerprint density at radius 2 is 1.52 bits per heavy atom. The molecule has 0 aliphatic carbocycles. The average molecular weight is 462 g/mol. The number of pyridine rings is 1. The average Bonchev–Trinajstić information content (AvgIpc) is 3.26. The Hall–Kier alpha value is -2.98. The molecular formula is C28H29ClFN3. The van der Waals surface area contributed by atoms with Crippen LogP contribution in [0.25, 0.3) is 33.5 Å². The van der Waals surface area contributed by atoms with Crippen LogP contribution in [0.5, 0.6) is 0 Å². The highest BCUT2D eigenvalue weighted by Gasteiger charge is 2.24. The van der Waals surface area contributed by atoms with Crippen LogP contribution >= 0.6 is 11.6 Å². The monoisotopic (exact) mass is 461 g/mol. The number of rotatable bonds is 3. The fourth-order valence-electron chi connectivity index (χ4n) is 4.05. The van der Waals surface area contributed by atoms with E-state index in [2.05, 4.69) is 37.0 Å². The third-order valence-corrected chi connectivity index (χ3v) is 5.94. The van der Waals surface area contributed by atoms with Crippen molar-refractivity contribution in [2.45, 2.75) is 52.4 Å². The maximum absolute atomic E-state index is 15.5. The van der Waals surface area contributed by atoms with E-state index >= 15 is 4.39 Å². The molecule has 1 N–H and O–H groups in total. The van der Waals surface area contributed by atoms with Gasteiger partial charge in [0.25, 0.3) is 0 Å². The number of benzene rings is 2. The van der Waals surface area contributed by atoms with Gasteiger partial charge in [0.05, 0.1) is 17.6 Å². The van der Waals surface area contributed by atoms with E-state index in [1.54, 1.807) is 6.20 Å². The number of H-pyrrole nitrogens is 1. The van der Waals surface area contributed by atoms with Crippen LogP contribution in [0, 0.1) is 5.82 Å². The van der Waals surface area contributed by atoms with Gasteiger partial charge in [-0.3, -0.25) is 10.1 Å². The third-order valence-electron chi connectivity index (χ3n) is 5.73. The lowest BCUT2D eigenvalue weighted by Gasteiger charge is -2.23. The molecule has 0 aliphatic heterocycles. The maximum atomic E-state index is 15.5. The molecule has 0 radical (unpaired) electrons. The van der Waals surface area contributed by atoms with Crippen LogP contribution in [-0.4, -0.2) is 15.2 Å². The summed E-state index contributed by atoms with van der Waals surface area (Å²) in [6.07, 6.45) is 3.59. The van der Waals surface area contributed by atoms with Crippen molar-refractivity contribution in [1.29, 1.82) is 0 Å². The molecular weight excluding hydrogens is 433 g/mol. The SMILES string of the molecule is CC(C)(C)c1cccc(-c2cc(Cl)cc(-c3ccc(-c4cn[nH]c4)nc3C(C)(C)C)c2)c1F. The van der Waals surface area contributed by atoms with E-state index in [1.807, 2.05) is 69.4 Å². The van der Waals surface area contributed by atoms with E-state index in [4.69, 9.17) is 16.6 Å². The molecule has 0 saturated carbocycles. The highest BCUT2D eigenvalue weighted by atomic mass is 35.5. The maximum Gasteiger partial charge on any atom is 0.134 e. The van der Waals surface area contributed by atoms with Gasteiger partial charge in [-0.25, -0.2) is 4.39 Å². The zero-order chi connectivity index (χ0) is 24.0. The topological polar surface area (TPSA) is 41.6 Å². The van der Waals surface area contributed by atoms with Crippen molar-refractivity contribution in [3.63, 3.8) is 0 Å². The quantitative estimate of drug-likeness (QED) is 0.334. The molecule has 0 aliphatic rings. The first kappa shape index (κ1) is 23.2. The van der Waals surface area contributed by atoms with E-state index in [9.17, 15) is 0 Å². The summed E-state index contributed by atoms with van der Waals surface area (Å²) < 4.78 is 15.5. The van der Waals surface area contributed by atoms with Crippen molar-refractivity contribution in [1.82, 2.24) is 15.2 Å². The van der Waals surface area contributed by atoms with Crippen molar-refractivity contribution in [2.75, 3.05) is 0 Å². The van der Waals surface area contributed by atoms with Crippen molar-refractivity contribution < 1.29 is 4.39 Å². The molecule has 0 saturated heterocycles. The molecule has 5 heteroatoms. The van der Waals surface area contributed by atoms with Gasteiger partial charge in [-0.2, -0.15) is 5.10 Å². The Morgan fingerprint density at radius 1 is 0.818 bits per heavy atom. The van der Waals surface area contributed by atoms with Crippen molar-refractivity contribution in [3.8, 4) is 33.5 Å². The minimum Gasteiger partial charge on any atom is -0.285 e. The first-order chi connectivity index (χ1) is 15.4. The van der Waals surface area contributed by atoms with Gasteiger partial charge >= 0.3 is 0 Å². The highest BCUT2D eigenvalue weighted by molar-refractivity contribution is 6.31. The molecule has 33 heavy (non-hydrogen) atoms. The van der Waals surface area contributed by atoms with Gasteiger partial charge in [-0.1, -0.05) is 77.4 Å². The lowest BCUT2D eigenvalue weighted by atomic mass is 9.83. The van der Waals surface area contributed by atoms with Gasteiger partial charge in [-0.05, 0) is 46.4 Å². The van der Waals surface area contributed by atoms with Gasteiger partial charge in [-0.15, -0.1) is 0 Å². The molecule has 170 valence electrons. The molecule has 2 aromatic carbocycles. The summed E-state index contributed by atoms with van der Waals surface area (Å²) in [5, 5.41) is 7.44. The summed E-state index contributed by atoms with van der Waals surface area (Å²) in [5.41, 5.74) is 6.08. The third kappa shape index (κ3) is 4.72. The van der Waals surface area contributed by atoms with Crippen LogP contribution in [0.1, 0.15) is 52.8 Å². The predicted molar refractivity (Wildman–Crippen MR) is 135 cm³/mol. The molecule has 4 rings (SSSR count). The number of aromatic amines is 1. The van der Waals surface area contributed by atoms with E-state index < -0.39 is 0 Å². The van der Waals surface area contributed by atoms with Gasteiger partial charge < -0.3 is 0 Å². The molecule has 0 amide bonds. The molecule has 0 spiro atoms. The molecule has 4 aromatic rings. The highest BCUT2D eigenvalue weighted by Crippen LogP contribution is 2.38. The number of aromatic nitrogens is 3. The molecule has 0 unspecified atom stereocenters. The Kier molecular flexibility index (Phi) is 5.92. The molecule has 2 heterocycles. The summed E-state index contributed by atoms with van der Waals surface area (Å²) in [4.78, 5) is 4.98. The van der Waals surface area contributed by atoms with Crippen molar-refractivity contribution >= 4 is 11.6 Å². The Morgan fingerprint density at radius 3 is 2.12 bits per heavy atom. The molecule has 0 bridgehead atoms. The van der Waals surface area contributed by atoms with E-state index in [-0.39, 0.29) is 16.6 Å². The normalized spacial score (nSPS) is 12.2. The summed E-state index contributed by atoms with van der Waals surface area (Å²) in [7, 11) is 0. The lowest BCUT2D eigenvalue weighted by molar-refractivity contribution is 0.525. The van der Waals surface area contributed by atoms with Gasteiger partial charge in [0.1, 0.15) is 5.82 Å². The van der Waals surface area contributed by atoms with Crippen LogP contribution in [-0.2, 0) is 10.8 Å². The lowest BCUT2D eigenvalue weighted by Crippen LogP contribution is -2.15. The Labute approximate surface area is 200 Å². The van der Waals surface area contributed by atoms with Crippen LogP contribution in [0.2, 0.25) is 5.02 Å². The second kappa shape index (κ2) is 8.42. The van der Waals surface area contributed by atoms with Crippen molar-refractivity contribution in [3.05, 3.63) is 83.0 Å². The first-order valence-electron chi connectivity index (χ1n) is 11.1. The number of hydrogen-bond donors (Lipinski definition) is 1. The van der Waals surface area contributed by atoms with Crippen LogP contribution in [0.4, 0.5) is 4.39 Å². The van der Waals surface area contributed by atoms with Crippen LogP contribution in [0.15, 0.2) is 60.9 Å². The summed E-state index contributed by atoms with van der Waals surface area (Å²) in [5.74, 6) is -0.206. The minimum absolute atomic E-state index is 0.206. The van der Waals surface area contributed by atoms with Gasteiger partial charge in [0, 0.05) is 33.3 Å². The largest absolute Gasteiger partial charge is 0.285 e. The number of halogens is 2. The number of nitrogens with one attached hydrogen (secondary N) is 1. The Bertz CT molecular complexity index is 1300. The van der Waals surface area contributed by atoms with Gasteiger partial charge in [0.15, 0.2) is 0 Å². The van der Waals surface area contributed by atoms with E-state index in [1.165, 1.54) is 0 Å². The van der Waals surface area contributed by atoms with E-state index in [0.29, 0.717) is 16.1 Å².